The summed E-state index contributed by atoms with van der Waals surface area (Å²) in [6, 6.07) is 13.5. The maximum absolute atomic E-state index is 3.74. The first-order chi connectivity index (χ1) is 7.89. The normalized spacial score (nSPS) is 27.0. The minimum Gasteiger partial charge on any atom is -0.307 e. The minimum atomic E-state index is 0.267. The maximum atomic E-state index is 3.74. The van der Waals surface area contributed by atoms with Gasteiger partial charge in [-0.1, -0.05) is 36.4 Å². The monoisotopic (exact) mass is 209 g/mol. The molecular formula is C15H15N. The van der Waals surface area contributed by atoms with Gasteiger partial charge < -0.3 is 5.32 Å². The van der Waals surface area contributed by atoms with Crippen LogP contribution in [0.15, 0.2) is 36.4 Å². The lowest BCUT2D eigenvalue weighted by molar-refractivity contribution is 0.404. The summed E-state index contributed by atoms with van der Waals surface area (Å²) in [4.78, 5) is 0. The van der Waals surface area contributed by atoms with Crippen molar-refractivity contribution >= 4 is 10.8 Å². The highest BCUT2D eigenvalue weighted by molar-refractivity contribution is 5.92. The number of rotatable bonds is 0. The molecule has 1 heteroatoms. The second-order valence-corrected chi connectivity index (χ2v) is 5.11. The van der Waals surface area contributed by atoms with E-state index in [1.165, 1.54) is 47.7 Å². The van der Waals surface area contributed by atoms with E-state index in [1.807, 2.05) is 0 Å². The molecule has 1 atom stereocenters. The molecule has 0 saturated carbocycles. The predicted octanol–water partition coefficient (Wildman–Crippen LogP) is 2.97. The van der Waals surface area contributed by atoms with Crippen LogP contribution in [0.2, 0.25) is 0 Å². The minimum absolute atomic E-state index is 0.267. The third-order valence-corrected chi connectivity index (χ3v) is 4.24. The number of hydrogen-bond donors (Lipinski definition) is 1. The molecule has 0 bridgehead atoms. The molecule has 1 nitrogen and oxygen atoms in total. The summed E-state index contributed by atoms with van der Waals surface area (Å²) in [6.45, 7) is 1.17. The Morgan fingerprint density at radius 3 is 2.75 bits per heavy atom. The van der Waals surface area contributed by atoms with Gasteiger partial charge in [0, 0.05) is 5.54 Å². The molecule has 0 amide bonds. The molecule has 2 aromatic carbocycles. The van der Waals surface area contributed by atoms with Gasteiger partial charge in [0.25, 0.3) is 0 Å². The summed E-state index contributed by atoms with van der Waals surface area (Å²) in [7, 11) is 0. The molecule has 1 N–H and O–H groups in total. The lowest BCUT2D eigenvalue weighted by Gasteiger charge is -2.25. The summed E-state index contributed by atoms with van der Waals surface area (Å²) in [5, 5.41) is 6.66. The van der Waals surface area contributed by atoms with Crippen LogP contribution in [-0.2, 0) is 12.0 Å². The average Bonchev–Trinajstić information content (AvgIpc) is 2.89. The van der Waals surface area contributed by atoms with Crippen molar-refractivity contribution in [1.29, 1.82) is 0 Å². The topological polar surface area (TPSA) is 12.0 Å². The van der Waals surface area contributed by atoms with E-state index < -0.39 is 0 Å². The Hall–Kier alpha value is -1.34. The van der Waals surface area contributed by atoms with Crippen molar-refractivity contribution in [3.05, 3.63) is 47.5 Å². The van der Waals surface area contributed by atoms with Gasteiger partial charge in [0.05, 0.1) is 0 Å². The summed E-state index contributed by atoms with van der Waals surface area (Å²) < 4.78 is 0. The Bertz CT molecular complexity index is 559. The summed E-state index contributed by atoms with van der Waals surface area (Å²) in [5.41, 5.74) is 3.34. The Balaban J connectivity index is 2.08. The van der Waals surface area contributed by atoms with E-state index in [-0.39, 0.29) is 5.54 Å². The quantitative estimate of drug-likeness (QED) is 0.703. The summed E-state index contributed by atoms with van der Waals surface area (Å²) in [6.07, 6.45) is 3.79. The van der Waals surface area contributed by atoms with Crippen molar-refractivity contribution in [1.82, 2.24) is 5.32 Å². The fourth-order valence-corrected chi connectivity index (χ4v) is 3.57. The molecular weight excluding hydrogens is 194 g/mol. The number of fused-ring (bicyclic) bond motifs is 1. The van der Waals surface area contributed by atoms with Gasteiger partial charge in [0.2, 0.25) is 0 Å². The van der Waals surface area contributed by atoms with Gasteiger partial charge in [-0.25, -0.2) is 0 Å². The van der Waals surface area contributed by atoms with Crippen molar-refractivity contribution in [2.24, 2.45) is 0 Å². The SMILES string of the molecule is c1cc2c3c(cccc3c1)C1(CCCN1)C2. The van der Waals surface area contributed by atoms with Crippen LogP contribution in [0.1, 0.15) is 24.0 Å². The molecule has 4 rings (SSSR count). The average molecular weight is 209 g/mol. The van der Waals surface area contributed by atoms with Crippen molar-refractivity contribution in [3.63, 3.8) is 0 Å². The highest BCUT2D eigenvalue weighted by Gasteiger charge is 2.41. The molecule has 0 aromatic heterocycles. The zero-order valence-corrected chi connectivity index (χ0v) is 9.29. The molecule has 1 unspecified atom stereocenters. The van der Waals surface area contributed by atoms with Crippen LogP contribution in [0.25, 0.3) is 10.8 Å². The number of nitrogens with one attached hydrogen (secondary N) is 1. The maximum Gasteiger partial charge on any atom is 0.0482 e. The van der Waals surface area contributed by atoms with E-state index in [0.29, 0.717) is 0 Å². The second kappa shape index (κ2) is 2.86. The molecule has 1 saturated heterocycles. The smallest absolute Gasteiger partial charge is 0.0482 e. The van der Waals surface area contributed by atoms with Gasteiger partial charge in [0.15, 0.2) is 0 Å². The Kier molecular flexibility index (Phi) is 1.57. The lowest BCUT2D eigenvalue weighted by Crippen LogP contribution is -2.36. The van der Waals surface area contributed by atoms with E-state index in [1.54, 1.807) is 0 Å². The molecule has 1 spiro atoms. The molecule has 1 aliphatic carbocycles. The third kappa shape index (κ3) is 0.946. The highest BCUT2D eigenvalue weighted by Crippen LogP contribution is 2.45. The zero-order chi connectivity index (χ0) is 10.6. The van der Waals surface area contributed by atoms with E-state index in [9.17, 15) is 0 Å². The standard InChI is InChI=1S/C15H15N/c1-4-11-5-2-7-13-14(11)12(6-1)10-15(13)8-3-9-16-15/h1-2,4-7,16H,3,8-10H2. The van der Waals surface area contributed by atoms with E-state index in [0.717, 1.165) is 0 Å². The van der Waals surface area contributed by atoms with E-state index in [4.69, 9.17) is 0 Å². The first kappa shape index (κ1) is 8.77. The van der Waals surface area contributed by atoms with Gasteiger partial charge >= 0.3 is 0 Å². The van der Waals surface area contributed by atoms with Crippen LogP contribution in [-0.4, -0.2) is 6.54 Å². The first-order valence-corrected chi connectivity index (χ1v) is 6.15. The van der Waals surface area contributed by atoms with Gasteiger partial charge in [-0.3, -0.25) is 0 Å². The summed E-state index contributed by atoms with van der Waals surface area (Å²) in [5.74, 6) is 0. The van der Waals surface area contributed by atoms with Crippen molar-refractivity contribution < 1.29 is 0 Å². The van der Waals surface area contributed by atoms with Crippen LogP contribution in [0.5, 0.6) is 0 Å². The number of hydrogen-bond acceptors (Lipinski definition) is 1. The summed E-state index contributed by atoms with van der Waals surface area (Å²) >= 11 is 0. The largest absolute Gasteiger partial charge is 0.307 e. The molecule has 2 aromatic rings. The van der Waals surface area contributed by atoms with E-state index >= 15 is 0 Å². The molecule has 1 aliphatic heterocycles. The Morgan fingerprint density at radius 2 is 1.94 bits per heavy atom. The Morgan fingerprint density at radius 1 is 1.06 bits per heavy atom. The van der Waals surface area contributed by atoms with Crippen LogP contribution >= 0.6 is 0 Å². The second-order valence-electron chi connectivity index (χ2n) is 5.11. The van der Waals surface area contributed by atoms with Crippen LogP contribution < -0.4 is 5.32 Å². The molecule has 2 aliphatic rings. The Labute approximate surface area is 95.5 Å². The fourth-order valence-electron chi connectivity index (χ4n) is 3.57. The molecule has 80 valence electrons. The van der Waals surface area contributed by atoms with Crippen LogP contribution in [0.3, 0.4) is 0 Å². The molecule has 1 heterocycles. The van der Waals surface area contributed by atoms with Crippen molar-refractivity contribution in [2.75, 3.05) is 6.54 Å². The first-order valence-electron chi connectivity index (χ1n) is 6.15. The zero-order valence-electron chi connectivity index (χ0n) is 9.29. The molecule has 0 radical (unpaired) electrons. The lowest BCUT2D eigenvalue weighted by atomic mass is 9.89. The van der Waals surface area contributed by atoms with Crippen molar-refractivity contribution in [2.45, 2.75) is 24.8 Å². The highest BCUT2D eigenvalue weighted by atomic mass is 15.0. The predicted molar refractivity (Wildman–Crippen MR) is 66.6 cm³/mol. The fraction of sp³-hybridized carbons (Fsp3) is 0.333. The van der Waals surface area contributed by atoms with Gasteiger partial charge in [0.1, 0.15) is 0 Å². The molecule has 16 heavy (non-hydrogen) atoms. The van der Waals surface area contributed by atoms with E-state index in [2.05, 4.69) is 41.7 Å². The molecule has 1 fully saturated rings. The third-order valence-electron chi connectivity index (χ3n) is 4.24. The number of benzene rings is 2. The van der Waals surface area contributed by atoms with Gasteiger partial charge in [-0.15, -0.1) is 0 Å². The van der Waals surface area contributed by atoms with Crippen molar-refractivity contribution in [3.8, 4) is 0 Å². The van der Waals surface area contributed by atoms with Gasteiger partial charge in [-0.2, -0.15) is 0 Å². The van der Waals surface area contributed by atoms with Crippen LogP contribution in [0, 0.1) is 0 Å². The van der Waals surface area contributed by atoms with Gasteiger partial charge in [-0.05, 0) is 47.7 Å². The van der Waals surface area contributed by atoms with Crippen LogP contribution in [0.4, 0.5) is 0 Å².